The zero-order valence-electron chi connectivity index (χ0n) is 17.6. The maximum absolute atomic E-state index is 12.3. The van der Waals surface area contributed by atoms with E-state index in [0.717, 1.165) is 29.1 Å². The highest BCUT2D eigenvalue weighted by Crippen LogP contribution is 2.34. The second kappa shape index (κ2) is 12.1. The number of aliphatic hydroxyl groups is 2. The second-order valence-electron chi connectivity index (χ2n) is 7.78. The standard InChI is InChI=1S/C23H32O6S/c1-15-12-16(5-8-20(15)25)13-17(24)6-7-18-19(22(27)14-21(18)26)9-11-30-10-3-4-23(28)29-2/h5-8,12,17-19,21,24-26H,3-4,9-11,13-14H2,1-2H3/t17-,18-,19-,21-/m1/s1. The van der Waals surface area contributed by atoms with Gasteiger partial charge in [0.25, 0.3) is 0 Å². The highest BCUT2D eigenvalue weighted by Gasteiger charge is 2.39. The van der Waals surface area contributed by atoms with E-state index in [1.807, 2.05) is 6.07 Å². The van der Waals surface area contributed by atoms with Gasteiger partial charge < -0.3 is 20.1 Å². The first-order chi connectivity index (χ1) is 14.3. The van der Waals surface area contributed by atoms with E-state index in [9.17, 15) is 24.9 Å². The van der Waals surface area contributed by atoms with Crippen LogP contribution in [0, 0.1) is 18.8 Å². The summed E-state index contributed by atoms with van der Waals surface area (Å²) in [6.07, 6.45) is 4.34. The summed E-state index contributed by atoms with van der Waals surface area (Å²) in [5, 5.41) is 30.2. The van der Waals surface area contributed by atoms with Gasteiger partial charge in [0.1, 0.15) is 11.5 Å². The van der Waals surface area contributed by atoms with Crippen molar-refractivity contribution < 1.29 is 29.6 Å². The molecule has 0 bridgehead atoms. The zero-order chi connectivity index (χ0) is 22.1. The van der Waals surface area contributed by atoms with Gasteiger partial charge in [0.05, 0.1) is 19.3 Å². The molecule has 0 amide bonds. The average molecular weight is 437 g/mol. The maximum Gasteiger partial charge on any atom is 0.305 e. The van der Waals surface area contributed by atoms with Gasteiger partial charge in [0.15, 0.2) is 0 Å². The molecule has 0 aliphatic heterocycles. The Morgan fingerprint density at radius 2 is 2.13 bits per heavy atom. The molecule has 4 atom stereocenters. The first-order valence-electron chi connectivity index (χ1n) is 10.3. The van der Waals surface area contributed by atoms with E-state index in [1.54, 1.807) is 43.0 Å². The minimum absolute atomic E-state index is 0.0657. The molecule has 1 aliphatic carbocycles. The molecule has 0 aromatic heterocycles. The van der Waals surface area contributed by atoms with E-state index >= 15 is 0 Å². The zero-order valence-corrected chi connectivity index (χ0v) is 18.4. The topological polar surface area (TPSA) is 104 Å². The Kier molecular flexibility index (Phi) is 9.88. The van der Waals surface area contributed by atoms with Crippen LogP contribution in [0.15, 0.2) is 30.4 Å². The number of thioether (sulfide) groups is 1. The van der Waals surface area contributed by atoms with Crippen LogP contribution < -0.4 is 0 Å². The first kappa shape index (κ1) is 24.4. The van der Waals surface area contributed by atoms with E-state index in [0.29, 0.717) is 19.3 Å². The lowest BCUT2D eigenvalue weighted by Gasteiger charge is -2.18. The van der Waals surface area contributed by atoms with E-state index in [-0.39, 0.29) is 35.8 Å². The van der Waals surface area contributed by atoms with Crippen LogP contribution in [0.1, 0.15) is 36.8 Å². The van der Waals surface area contributed by atoms with E-state index in [4.69, 9.17) is 0 Å². The van der Waals surface area contributed by atoms with E-state index < -0.39 is 12.2 Å². The summed E-state index contributed by atoms with van der Waals surface area (Å²) in [6.45, 7) is 1.81. The number of Topliss-reactive ketones (excluding diaryl/α,β-unsaturated/α-hetero) is 1. The summed E-state index contributed by atoms with van der Waals surface area (Å²) >= 11 is 1.69. The van der Waals surface area contributed by atoms with Crippen molar-refractivity contribution in [1.29, 1.82) is 0 Å². The fourth-order valence-electron chi connectivity index (χ4n) is 3.74. The van der Waals surface area contributed by atoms with Crippen molar-refractivity contribution in [2.24, 2.45) is 11.8 Å². The number of aliphatic hydroxyl groups excluding tert-OH is 2. The number of benzene rings is 1. The summed E-state index contributed by atoms with van der Waals surface area (Å²) < 4.78 is 4.61. The largest absolute Gasteiger partial charge is 0.508 e. The third kappa shape index (κ3) is 7.45. The average Bonchev–Trinajstić information content (AvgIpc) is 2.98. The molecule has 1 saturated carbocycles. The van der Waals surface area contributed by atoms with Crippen molar-refractivity contribution in [2.75, 3.05) is 18.6 Å². The summed E-state index contributed by atoms with van der Waals surface area (Å²) in [7, 11) is 1.38. The summed E-state index contributed by atoms with van der Waals surface area (Å²) in [4.78, 5) is 23.4. The molecule has 2 rings (SSSR count). The quantitative estimate of drug-likeness (QED) is 0.278. The van der Waals surface area contributed by atoms with Crippen molar-refractivity contribution in [3.8, 4) is 5.75 Å². The highest BCUT2D eigenvalue weighted by molar-refractivity contribution is 7.99. The lowest BCUT2D eigenvalue weighted by atomic mass is 9.91. The van der Waals surface area contributed by atoms with Crippen molar-refractivity contribution in [3.05, 3.63) is 41.5 Å². The molecule has 0 saturated heterocycles. The Bertz CT molecular complexity index is 747. The fraction of sp³-hybridized carbons (Fsp3) is 0.565. The lowest BCUT2D eigenvalue weighted by molar-refractivity contribution is -0.140. The molecular formula is C23H32O6S. The molecule has 1 aromatic carbocycles. The molecule has 0 heterocycles. The van der Waals surface area contributed by atoms with Crippen molar-refractivity contribution in [3.63, 3.8) is 0 Å². The van der Waals surface area contributed by atoms with E-state index in [2.05, 4.69) is 4.74 Å². The van der Waals surface area contributed by atoms with Gasteiger partial charge in [0.2, 0.25) is 0 Å². The van der Waals surface area contributed by atoms with Crippen molar-refractivity contribution >= 4 is 23.5 Å². The summed E-state index contributed by atoms with van der Waals surface area (Å²) in [5.41, 5.74) is 1.66. The molecule has 1 aliphatic rings. The Morgan fingerprint density at radius 3 is 2.83 bits per heavy atom. The Morgan fingerprint density at radius 1 is 1.37 bits per heavy atom. The fourth-order valence-corrected chi connectivity index (χ4v) is 4.71. The molecular weight excluding hydrogens is 404 g/mol. The van der Waals surface area contributed by atoms with Crippen LogP contribution in [-0.4, -0.2) is 57.9 Å². The van der Waals surface area contributed by atoms with Crippen LogP contribution in [0.5, 0.6) is 5.75 Å². The van der Waals surface area contributed by atoms with Gasteiger partial charge in [-0.2, -0.15) is 11.8 Å². The second-order valence-corrected chi connectivity index (χ2v) is 9.00. The Balaban J connectivity index is 1.83. The van der Waals surface area contributed by atoms with Gasteiger partial charge in [-0.15, -0.1) is 0 Å². The monoisotopic (exact) mass is 436 g/mol. The van der Waals surface area contributed by atoms with Gasteiger partial charge >= 0.3 is 5.97 Å². The van der Waals surface area contributed by atoms with Crippen LogP contribution in [0.3, 0.4) is 0 Å². The van der Waals surface area contributed by atoms with Crippen LogP contribution >= 0.6 is 11.8 Å². The van der Waals surface area contributed by atoms with Crippen LogP contribution in [0.4, 0.5) is 0 Å². The van der Waals surface area contributed by atoms with Crippen LogP contribution in [-0.2, 0) is 20.7 Å². The molecule has 6 nitrogen and oxygen atoms in total. The first-order valence-corrected chi connectivity index (χ1v) is 11.5. The summed E-state index contributed by atoms with van der Waals surface area (Å²) in [5.74, 6) is 1.15. The molecule has 3 N–H and O–H groups in total. The van der Waals surface area contributed by atoms with Gasteiger partial charge in [-0.05, 0) is 48.5 Å². The number of aromatic hydroxyl groups is 1. The number of carbonyl (C=O) groups is 2. The number of hydrogen-bond donors (Lipinski definition) is 3. The normalized spacial score (nSPS) is 22.5. The molecule has 0 radical (unpaired) electrons. The van der Waals surface area contributed by atoms with Crippen molar-refractivity contribution in [1.82, 2.24) is 0 Å². The number of phenols is 1. The summed E-state index contributed by atoms with van der Waals surface area (Å²) in [6, 6.07) is 5.22. The predicted octanol–water partition coefficient (Wildman–Crippen LogP) is 2.80. The van der Waals surface area contributed by atoms with Gasteiger partial charge in [-0.25, -0.2) is 0 Å². The molecule has 0 spiro atoms. The number of phenolic OH excluding ortho intramolecular Hbond substituents is 1. The minimum atomic E-state index is -0.731. The minimum Gasteiger partial charge on any atom is -0.508 e. The van der Waals surface area contributed by atoms with Crippen molar-refractivity contribution in [2.45, 2.75) is 51.2 Å². The Hall–Kier alpha value is -1.83. The Labute approximate surface area is 182 Å². The number of methoxy groups -OCH3 is 1. The third-order valence-corrected chi connectivity index (χ3v) is 6.57. The lowest BCUT2D eigenvalue weighted by Crippen LogP contribution is -2.20. The number of ether oxygens (including phenoxy) is 1. The number of hydrogen-bond acceptors (Lipinski definition) is 7. The predicted molar refractivity (Wildman–Crippen MR) is 117 cm³/mol. The smallest absolute Gasteiger partial charge is 0.305 e. The van der Waals surface area contributed by atoms with Gasteiger partial charge in [0, 0.05) is 31.1 Å². The van der Waals surface area contributed by atoms with Crippen LogP contribution in [0.2, 0.25) is 0 Å². The molecule has 0 unspecified atom stereocenters. The van der Waals surface area contributed by atoms with Crippen LogP contribution in [0.25, 0.3) is 0 Å². The molecule has 1 aromatic rings. The maximum atomic E-state index is 12.3. The third-order valence-electron chi connectivity index (χ3n) is 5.46. The van der Waals surface area contributed by atoms with E-state index in [1.165, 1.54) is 7.11 Å². The number of esters is 1. The molecule has 30 heavy (non-hydrogen) atoms. The number of aryl methyl sites for hydroxylation is 1. The SMILES string of the molecule is COC(=O)CCCSCC[C@H]1C(=O)C[C@@H](O)[C@@H]1C=C[C@@H](O)Cc1ccc(O)c(C)c1. The number of rotatable bonds is 11. The highest BCUT2D eigenvalue weighted by atomic mass is 32.2. The number of carbonyl (C=O) groups excluding carboxylic acids is 2. The van der Waals surface area contributed by atoms with Gasteiger partial charge in [-0.1, -0.05) is 24.3 Å². The molecule has 166 valence electrons. The molecule has 1 fully saturated rings. The van der Waals surface area contributed by atoms with Gasteiger partial charge in [-0.3, -0.25) is 9.59 Å². The molecule has 7 heteroatoms. The number of ketones is 1.